The molecule has 126 valence electrons. The quantitative estimate of drug-likeness (QED) is 0.507. The Bertz CT molecular complexity index is 637. The molecule has 2 bridgehead atoms. The zero-order valence-electron chi connectivity index (χ0n) is 14.8. The zero-order chi connectivity index (χ0) is 16.4. The summed E-state index contributed by atoms with van der Waals surface area (Å²) >= 11 is 0. The van der Waals surface area contributed by atoms with E-state index >= 15 is 0 Å². The van der Waals surface area contributed by atoms with Gasteiger partial charge in [0, 0.05) is 17.3 Å². The third-order valence-corrected chi connectivity index (χ3v) is 9.03. The van der Waals surface area contributed by atoms with Crippen LogP contribution in [0.2, 0.25) is 0 Å². The van der Waals surface area contributed by atoms with Gasteiger partial charge in [-0.15, -0.1) is 0 Å². The van der Waals surface area contributed by atoms with Gasteiger partial charge in [0.15, 0.2) is 5.78 Å². The lowest BCUT2D eigenvalue weighted by molar-refractivity contribution is -0.178. The molecule has 3 heteroatoms. The summed E-state index contributed by atoms with van der Waals surface area (Å²) in [7, 11) is 0. The molecule has 23 heavy (non-hydrogen) atoms. The number of hydrogen-bond acceptors (Lipinski definition) is 3. The highest BCUT2D eigenvalue weighted by Crippen LogP contribution is 2.77. The first kappa shape index (κ1) is 14.6. The molecule has 1 spiro atoms. The van der Waals surface area contributed by atoms with Crippen LogP contribution in [0.4, 0.5) is 0 Å². The lowest BCUT2D eigenvalue weighted by atomic mass is 9.40. The number of carbonyl (C=O) groups is 2. The average Bonchev–Trinajstić information content (AvgIpc) is 3.14. The molecule has 1 saturated heterocycles. The number of ketones is 2. The molecule has 2 unspecified atom stereocenters. The molecule has 1 aliphatic heterocycles. The first-order valence-electron chi connectivity index (χ1n) is 9.42. The van der Waals surface area contributed by atoms with Crippen molar-refractivity contribution in [3.8, 4) is 0 Å². The summed E-state index contributed by atoms with van der Waals surface area (Å²) in [6.45, 7) is 8.68. The van der Waals surface area contributed by atoms with Gasteiger partial charge in [-0.1, -0.05) is 20.8 Å². The molecule has 4 saturated carbocycles. The van der Waals surface area contributed by atoms with E-state index in [2.05, 4.69) is 13.8 Å². The van der Waals surface area contributed by atoms with E-state index in [1.807, 2.05) is 13.8 Å². The smallest absolute Gasteiger partial charge is 0.204 e. The van der Waals surface area contributed by atoms with Crippen molar-refractivity contribution < 1.29 is 14.3 Å². The van der Waals surface area contributed by atoms with Crippen LogP contribution < -0.4 is 0 Å². The van der Waals surface area contributed by atoms with Crippen molar-refractivity contribution in [1.29, 1.82) is 0 Å². The molecule has 0 aromatic carbocycles. The molecule has 5 rings (SSSR count). The molecule has 0 amide bonds. The van der Waals surface area contributed by atoms with Crippen LogP contribution in [0.1, 0.15) is 66.2 Å². The Balaban J connectivity index is 1.61. The van der Waals surface area contributed by atoms with Crippen molar-refractivity contribution in [3.63, 3.8) is 0 Å². The van der Waals surface area contributed by atoms with Gasteiger partial charge in [0.2, 0.25) is 5.78 Å². The first-order chi connectivity index (χ1) is 10.7. The maximum atomic E-state index is 12.5. The Hall–Kier alpha value is -0.700. The summed E-state index contributed by atoms with van der Waals surface area (Å²) in [4.78, 5) is 25.0. The molecule has 7 atom stereocenters. The molecule has 5 fully saturated rings. The second kappa shape index (κ2) is 3.76. The fourth-order valence-electron chi connectivity index (χ4n) is 8.11. The Labute approximate surface area is 138 Å². The van der Waals surface area contributed by atoms with E-state index in [-0.39, 0.29) is 22.6 Å². The summed E-state index contributed by atoms with van der Waals surface area (Å²) in [5.41, 5.74) is -0.0919. The predicted molar refractivity (Wildman–Crippen MR) is 85.8 cm³/mol. The number of carbonyl (C=O) groups excluding carboxylic acids is 2. The maximum absolute atomic E-state index is 12.5. The highest BCUT2D eigenvalue weighted by atomic mass is 16.6. The van der Waals surface area contributed by atoms with Gasteiger partial charge in [-0.2, -0.15) is 0 Å². The lowest BCUT2D eigenvalue weighted by Crippen LogP contribution is -2.61. The Morgan fingerprint density at radius 1 is 1.00 bits per heavy atom. The van der Waals surface area contributed by atoms with Crippen molar-refractivity contribution in [3.05, 3.63) is 0 Å². The van der Waals surface area contributed by atoms with Gasteiger partial charge in [-0.25, -0.2) is 0 Å². The number of hydrogen-bond donors (Lipinski definition) is 0. The van der Waals surface area contributed by atoms with Gasteiger partial charge in [0.05, 0.1) is 11.7 Å². The molecule has 0 N–H and O–H groups in total. The monoisotopic (exact) mass is 316 g/mol. The molecule has 0 aromatic rings. The Morgan fingerprint density at radius 3 is 2.48 bits per heavy atom. The van der Waals surface area contributed by atoms with Gasteiger partial charge in [-0.3, -0.25) is 9.59 Å². The summed E-state index contributed by atoms with van der Waals surface area (Å²) in [6.07, 6.45) is 6.93. The Morgan fingerprint density at radius 2 is 1.74 bits per heavy atom. The standard InChI is InChI=1S/C20H28O3/c1-17(2)13-7-8-20-9-11(19(4)16(20)23-19)5-6-14(20)18(13,3)10-12(21)15(17)22/h11,13-14,16H,5-10H2,1-4H3/t11-,13-,14+,16?,18-,19?,20-/m1/s1. The molecular weight excluding hydrogens is 288 g/mol. The zero-order valence-corrected chi connectivity index (χ0v) is 14.8. The van der Waals surface area contributed by atoms with E-state index in [0.29, 0.717) is 29.8 Å². The highest BCUT2D eigenvalue weighted by Gasteiger charge is 2.79. The molecule has 3 nitrogen and oxygen atoms in total. The summed E-state index contributed by atoms with van der Waals surface area (Å²) in [5, 5.41) is 0. The summed E-state index contributed by atoms with van der Waals surface area (Å²) < 4.78 is 6.24. The Kier molecular flexibility index (Phi) is 2.39. The van der Waals surface area contributed by atoms with E-state index in [1.54, 1.807) is 0 Å². The van der Waals surface area contributed by atoms with E-state index in [9.17, 15) is 9.59 Å². The second-order valence-corrected chi connectivity index (χ2v) is 10.2. The normalized spacial score (nSPS) is 59.1. The average molecular weight is 316 g/mol. The maximum Gasteiger partial charge on any atom is 0.204 e. The minimum absolute atomic E-state index is 0.0189. The summed E-state index contributed by atoms with van der Waals surface area (Å²) in [5.74, 6) is 1.38. The predicted octanol–water partition coefficient (Wildman–Crippen LogP) is 3.54. The van der Waals surface area contributed by atoms with Crippen molar-refractivity contribution >= 4 is 11.6 Å². The number of ether oxygens (including phenoxy) is 1. The third-order valence-electron chi connectivity index (χ3n) is 9.03. The van der Waals surface area contributed by atoms with Gasteiger partial charge in [0.1, 0.15) is 0 Å². The van der Waals surface area contributed by atoms with Crippen molar-refractivity contribution in [1.82, 2.24) is 0 Å². The van der Waals surface area contributed by atoms with Crippen LogP contribution in [0.25, 0.3) is 0 Å². The van der Waals surface area contributed by atoms with E-state index < -0.39 is 5.41 Å². The number of epoxide rings is 1. The van der Waals surface area contributed by atoms with Gasteiger partial charge in [0.25, 0.3) is 0 Å². The van der Waals surface area contributed by atoms with Crippen LogP contribution >= 0.6 is 0 Å². The molecular formula is C20H28O3. The highest BCUT2D eigenvalue weighted by molar-refractivity contribution is 6.39. The van der Waals surface area contributed by atoms with Crippen LogP contribution in [0, 0.1) is 34.0 Å². The van der Waals surface area contributed by atoms with Crippen molar-refractivity contribution in [2.24, 2.45) is 34.0 Å². The van der Waals surface area contributed by atoms with Crippen LogP contribution in [-0.4, -0.2) is 23.3 Å². The third kappa shape index (κ3) is 1.40. The van der Waals surface area contributed by atoms with Crippen LogP contribution in [-0.2, 0) is 14.3 Å². The fraction of sp³-hybridized carbons (Fsp3) is 0.900. The van der Waals surface area contributed by atoms with Crippen molar-refractivity contribution in [2.45, 2.75) is 77.9 Å². The second-order valence-electron chi connectivity index (χ2n) is 10.2. The van der Waals surface area contributed by atoms with Crippen LogP contribution in [0.3, 0.4) is 0 Å². The molecule has 1 heterocycles. The summed E-state index contributed by atoms with van der Waals surface area (Å²) in [6, 6.07) is 0. The number of Topliss-reactive ketones (excluding diaryl/α,β-unsaturated/α-hetero) is 2. The SMILES string of the molecule is CC1(C)C(=O)C(=O)C[C@]2(C)[C@@H]1CC[C@@]13C[C@@H](CC[C@H]12)C1(C)OC13. The minimum Gasteiger partial charge on any atom is -0.365 e. The van der Waals surface area contributed by atoms with E-state index in [1.165, 1.54) is 25.7 Å². The first-order valence-corrected chi connectivity index (χ1v) is 9.42. The molecule has 0 aromatic heterocycles. The van der Waals surface area contributed by atoms with Crippen molar-refractivity contribution in [2.75, 3.05) is 0 Å². The molecule has 0 radical (unpaired) electrons. The molecule has 5 aliphatic rings. The van der Waals surface area contributed by atoms with Gasteiger partial charge >= 0.3 is 0 Å². The largest absolute Gasteiger partial charge is 0.365 e. The number of fused-ring (bicyclic) bond motifs is 5. The minimum atomic E-state index is -0.491. The number of rotatable bonds is 0. The molecule has 4 aliphatic carbocycles. The van der Waals surface area contributed by atoms with E-state index in [4.69, 9.17) is 4.74 Å². The fourth-order valence-corrected chi connectivity index (χ4v) is 8.11. The topological polar surface area (TPSA) is 46.7 Å². The van der Waals surface area contributed by atoms with E-state index in [0.717, 1.165) is 12.3 Å². The van der Waals surface area contributed by atoms with Crippen LogP contribution in [0.5, 0.6) is 0 Å². The van der Waals surface area contributed by atoms with Gasteiger partial charge in [-0.05, 0) is 62.2 Å². The lowest BCUT2D eigenvalue weighted by Gasteiger charge is -2.63. The van der Waals surface area contributed by atoms with Gasteiger partial charge < -0.3 is 4.74 Å². The van der Waals surface area contributed by atoms with Crippen LogP contribution in [0.15, 0.2) is 0 Å².